The number of pyridine rings is 3. The average molecular weight is 803 g/mol. The van der Waals surface area contributed by atoms with E-state index in [4.69, 9.17) is 19.2 Å². The predicted molar refractivity (Wildman–Crippen MR) is 216 cm³/mol. The minimum atomic E-state index is -1.18. The van der Waals surface area contributed by atoms with Crippen LogP contribution in [0.2, 0.25) is 0 Å². The van der Waals surface area contributed by atoms with Crippen molar-refractivity contribution >= 4 is 62.5 Å². The van der Waals surface area contributed by atoms with Crippen LogP contribution in [0.15, 0.2) is 35.5 Å². The van der Waals surface area contributed by atoms with Gasteiger partial charge < -0.3 is 29.0 Å². The molecule has 2 fully saturated rings. The lowest BCUT2D eigenvalue weighted by Gasteiger charge is -2.29. The summed E-state index contributed by atoms with van der Waals surface area (Å²) in [5.74, 6) is -2.92. The van der Waals surface area contributed by atoms with Gasteiger partial charge in [-0.1, -0.05) is 0 Å². The fraction of sp³-hybridized carbons (Fsp3) is 0.463. The Morgan fingerprint density at radius 2 is 1.66 bits per heavy atom. The molecule has 0 aliphatic carbocycles. The SMILES string of the molecule is CCOC(=O)c1cn(N(C)C(=O)OC(C)(C)C)c2ncc(-c3cnc4[nH]c5c(N(C)C(=O)OC(C)(C)C)cc(F)c(F)c5c4c3N3CCC4CN(C)C[C@H]43)cc2c1=O. The van der Waals surface area contributed by atoms with Crippen molar-refractivity contribution in [1.82, 2.24) is 24.5 Å². The normalized spacial score (nSPS) is 17.3. The molecule has 0 saturated carbocycles. The minimum Gasteiger partial charge on any atom is -0.462 e. The van der Waals surface area contributed by atoms with Gasteiger partial charge in [0.2, 0.25) is 5.43 Å². The molecule has 5 aromatic rings. The standard InChI is InChI=1S/C41H48F2N8O7/c1-11-56-37(53)25-19-51(49(10)39(55)58-41(5,6)7)36-23(34(25)52)14-22(16-45-36)24-17-44-35-30(33(24)50-13-12-21-18-47(8)20-28(21)50)29-31(43)26(42)15-27(32(29)46-35)48(9)38(54)57-40(2,3)4/h14-17,19,21,28H,11-13,18,20H2,1-10H3,(H,44,46)/t21?,28-/m1/s1. The van der Waals surface area contributed by atoms with Gasteiger partial charge in [0.15, 0.2) is 17.3 Å². The second-order valence-electron chi connectivity index (χ2n) is 16.9. The number of aromatic nitrogens is 4. The molecule has 7 rings (SSSR count). The molecule has 17 heteroatoms. The van der Waals surface area contributed by atoms with E-state index in [0.29, 0.717) is 35.8 Å². The van der Waals surface area contributed by atoms with Gasteiger partial charge in [0.05, 0.1) is 39.7 Å². The quantitative estimate of drug-likeness (QED) is 0.147. The van der Waals surface area contributed by atoms with Gasteiger partial charge in [-0.25, -0.2) is 42.8 Å². The van der Waals surface area contributed by atoms with E-state index in [0.717, 1.165) is 28.9 Å². The van der Waals surface area contributed by atoms with E-state index in [1.54, 1.807) is 60.7 Å². The first-order valence-electron chi connectivity index (χ1n) is 19.1. The lowest BCUT2D eigenvalue weighted by atomic mass is 9.99. The highest BCUT2D eigenvalue weighted by Crippen LogP contribution is 2.47. The third-order valence-electron chi connectivity index (χ3n) is 10.4. The second-order valence-corrected chi connectivity index (χ2v) is 16.9. The van der Waals surface area contributed by atoms with Gasteiger partial charge in [0, 0.05) is 75.6 Å². The summed E-state index contributed by atoms with van der Waals surface area (Å²) in [6.07, 6.45) is 3.56. The van der Waals surface area contributed by atoms with Crippen LogP contribution in [0.25, 0.3) is 44.1 Å². The van der Waals surface area contributed by atoms with Gasteiger partial charge in [0.1, 0.15) is 22.4 Å². The van der Waals surface area contributed by atoms with Gasteiger partial charge in [-0.15, -0.1) is 0 Å². The first kappa shape index (κ1) is 40.4. The average Bonchev–Trinajstić information content (AvgIpc) is 3.83. The van der Waals surface area contributed by atoms with Crippen LogP contribution in [0.1, 0.15) is 65.2 Å². The van der Waals surface area contributed by atoms with Crippen molar-refractivity contribution in [2.75, 3.05) is 62.2 Å². The molecule has 2 amide bonds. The Morgan fingerprint density at radius 3 is 2.33 bits per heavy atom. The highest BCUT2D eigenvalue weighted by Gasteiger charge is 2.42. The summed E-state index contributed by atoms with van der Waals surface area (Å²) in [7, 11) is 4.87. The Morgan fingerprint density at radius 1 is 0.966 bits per heavy atom. The zero-order chi connectivity index (χ0) is 42.2. The zero-order valence-electron chi connectivity index (χ0n) is 34.3. The summed E-state index contributed by atoms with van der Waals surface area (Å²) in [5, 5.41) is 1.24. The third kappa shape index (κ3) is 7.16. The maximum absolute atomic E-state index is 16.4. The Labute approximate surface area is 333 Å². The topological polar surface area (TPSA) is 155 Å². The van der Waals surface area contributed by atoms with Crippen molar-refractivity contribution in [3.63, 3.8) is 0 Å². The molecule has 308 valence electrons. The van der Waals surface area contributed by atoms with Crippen LogP contribution >= 0.6 is 0 Å². The second kappa shape index (κ2) is 14.5. The third-order valence-corrected chi connectivity index (χ3v) is 10.4. The molecule has 6 heterocycles. The molecule has 1 aromatic carbocycles. The summed E-state index contributed by atoms with van der Waals surface area (Å²) in [4.78, 5) is 71.9. The molecule has 2 aliphatic heterocycles. The number of anilines is 2. The first-order chi connectivity index (χ1) is 27.2. The summed E-state index contributed by atoms with van der Waals surface area (Å²) in [5.41, 5.74) is -0.914. The summed E-state index contributed by atoms with van der Waals surface area (Å²) < 4.78 is 49.8. The summed E-state index contributed by atoms with van der Waals surface area (Å²) in [6, 6.07) is 2.49. The number of hydrogen-bond acceptors (Lipinski definition) is 11. The molecule has 0 bridgehead atoms. The number of likely N-dealkylation sites (N-methyl/N-ethyl adjacent to an activating group) is 1. The van der Waals surface area contributed by atoms with Crippen LogP contribution in [0.4, 0.5) is 29.7 Å². The number of halogens is 2. The van der Waals surface area contributed by atoms with Gasteiger partial charge in [-0.05, 0) is 73.9 Å². The molecule has 0 spiro atoms. The van der Waals surface area contributed by atoms with Crippen LogP contribution in [0.5, 0.6) is 0 Å². The van der Waals surface area contributed by atoms with Crippen molar-refractivity contribution < 1.29 is 37.4 Å². The Hall–Kier alpha value is -5.84. The molecule has 2 saturated heterocycles. The zero-order valence-corrected chi connectivity index (χ0v) is 34.3. The van der Waals surface area contributed by atoms with Crippen LogP contribution in [0, 0.1) is 17.6 Å². The van der Waals surface area contributed by atoms with Crippen molar-refractivity contribution in [1.29, 1.82) is 0 Å². The van der Waals surface area contributed by atoms with Gasteiger partial charge in [0.25, 0.3) is 0 Å². The number of rotatable bonds is 6. The number of nitrogens with zero attached hydrogens (tertiary/aromatic N) is 7. The Balaban J connectivity index is 1.50. The van der Waals surface area contributed by atoms with Crippen LogP contribution in [-0.2, 0) is 14.2 Å². The predicted octanol–water partition coefficient (Wildman–Crippen LogP) is 6.56. The van der Waals surface area contributed by atoms with E-state index < -0.39 is 46.4 Å². The molecule has 1 N–H and O–H groups in total. The number of likely N-dealkylation sites (tertiary alicyclic amines) is 1. The van der Waals surface area contributed by atoms with Gasteiger partial charge >= 0.3 is 18.2 Å². The highest BCUT2D eigenvalue weighted by molar-refractivity contribution is 6.19. The molecule has 2 atom stereocenters. The van der Waals surface area contributed by atoms with E-state index in [1.807, 2.05) is 7.05 Å². The summed E-state index contributed by atoms with van der Waals surface area (Å²) >= 11 is 0. The maximum Gasteiger partial charge on any atom is 0.429 e. The van der Waals surface area contributed by atoms with E-state index in [9.17, 15) is 19.2 Å². The Bertz CT molecular complexity index is 2560. The lowest BCUT2D eigenvalue weighted by molar-refractivity contribution is 0.0513. The van der Waals surface area contributed by atoms with E-state index in [-0.39, 0.29) is 56.9 Å². The van der Waals surface area contributed by atoms with E-state index in [1.165, 1.54) is 31.2 Å². The van der Waals surface area contributed by atoms with Crippen molar-refractivity contribution in [2.24, 2.45) is 5.92 Å². The van der Waals surface area contributed by atoms with Crippen molar-refractivity contribution in [3.05, 3.63) is 58.1 Å². The summed E-state index contributed by atoms with van der Waals surface area (Å²) in [6.45, 7) is 14.0. The fourth-order valence-corrected chi connectivity index (χ4v) is 7.92. The van der Waals surface area contributed by atoms with Crippen molar-refractivity contribution in [3.8, 4) is 11.1 Å². The number of nitrogens with one attached hydrogen (secondary N) is 1. The molecule has 1 unspecified atom stereocenters. The molecule has 4 aromatic heterocycles. The maximum atomic E-state index is 16.4. The fourth-order valence-electron chi connectivity index (χ4n) is 7.92. The number of ether oxygens (including phenoxy) is 3. The van der Waals surface area contributed by atoms with Crippen molar-refractivity contribution in [2.45, 2.75) is 72.1 Å². The molecule has 0 radical (unpaired) electrons. The van der Waals surface area contributed by atoms with E-state index in [2.05, 4.69) is 19.8 Å². The van der Waals surface area contributed by atoms with E-state index >= 15 is 8.78 Å². The van der Waals surface area contributed by atoms with Crippen LogP contribution in [-0.4, -0.2) is 107 Å². The number of hydrogen-bond donors (Lipinski definition) is 1. The number of H-pyrrole nitrogens is 1. The monoisotopic (exact) mass is 802 g/mol. The number of carbonyl (C=O) groups excluding carboxylic acids is 3. The van der Waals surface area contributed by atoms with Gasteiger partial charge in [-0.3, -0.25) is 9.69 Å². The number of aromatic amines is 1. The molecule has 58 heavy (non-hydrogen) atoms. The van der Waals surface area contributed by atoms with Crippen LogP contribution < -0.4 is 20.2 Å². The lowest BCUT2D eigenvalue weighted by Crippen LogP contribution is -2.42. The minimum absolute atomic E-state index is 0.00312. The smallest absolute Gasteiger partial charge is 0.429 e. The first-order valence-corrected chi connectivity index (χ1v) is 19.1. The number of carbonyl (C=O) groups is 3. The largest absolute Gasteiger partial charge is 0.462 e. The molecule has 2 aliphatic rings. The Kier molecular flexibility index (Phi) is 10.1. The van der Waals surface area contributed by atoms with Crippen LogP contribution in [0.3, 0.4) is 0 Å². The number of fused-ring (bicyclic) bond motifs is 5. The molecule has 15 nitrogen and oxygen atoms in total. The molecular weight excluding hydrogens is 754 g/mol. The number of benzene rings is 1. The number of esters is 1. The number of amides is 2. The van der Waals surface area contributed by atoms with Gasteiger partial charge in [-0.2, -0.15) is 0 Å². The highest BCUT2D eigenvalue weighted by atomic mass is 19.2. The molecular formula is C41H48F2N8O7.